The minimum Gasteiger partial charge on any atom is -0.481 e. The fourth-order valence-corrected chi connectivity index (χ4v) is 2.39. The van der Waals surface area contributed by atoms with Crippen LogP contribution in [0, 0.1) is 11.8 Å². The van der Waals surface area contributed by atoms with Gasteiger partial charge in [0.25, 0.3) is 0 Å². The van der Waals surface area contributed by atoms with Crippen molar-refractivity contribution < 1.29 is 14.7 Å². The summed E-state index contributed by atoms with van der Waals surface area (Å²) in [7, 11) is 0. The molecule has 0 bridgehead atoms. The van der Waals surface area contributed by atoms with Crippen LogP contribution in [0.25, 0.3) is 0 Å². The number of hydrogen-bond acceptors (Lipinski definition) is 2. The van der Waals surface area contributed by atoms with Crippen LogP contribution >= 0.6 is 0 Å². The normalized spacial score (nSPS) is 23.1. The van der Waals surface area contributed by atoms with Crippen molar-refractivity contribution in [1.29, 1.82) is 0 Å². The van der Waals surface area contributed by atoms with Crippen molar-refractivity contribution in [1.82, 2.24) is 10.6 Å². The van der Waals surface area contributed by atoms with Crippen LogP contribution in [0.1, 0.15) is 46.0 Å². The highest BCUT2D eigenvalue weighted by molar-refractivity contribution is 5.75. The van der Waals surface area contributed by atoms with Crippen molar-refractivity contribution in [2.24, 2.45) is 11.8 Å². The van der Waals surface area contributed by atoms with Crippen molar-refractivity contribution in [3.63, 3.8) is 0 Å². The highest BCUT2D eigenvalue weighted by Crippen LogP contribution is 2.25. The molecule has 0 saturated heterocycles. The van der Waals surface area contributed by atoms with Crippen LogP contribution in [0.4, 0.5) is 4.79 Å². The van der Waals surface area contributed by atoms with E-state index >= 15 is 0 Å². The minimum atomic E-state index is -0.753. The molecule has 0 aromatic carbocycles. The summed E-state index contributed by atoms with van der Waals surface area (Å²) in [5.74, 6) is -0.530. The van der Waals surface area contributed by atoms with E-state index < -0.39 is 5.97 Å². The molecule has 1 aliphatic carbocycles. The summed E-state index contributed by atoms with van der Waals surface area (Å²) in [6.07, 6.45) is 4.08. The lowest BCUT2D eigenvalue weighted by Gasteiger charge is -2.16. The van der Waals surface area contributed by atoms with Gasteiger partial charge in [-0.05, 0) is 25.2 Å². The van der Waals surface area contributed by atoms with Crippen molar-refractivity contribution in [3.05, 3.63) is 0 Å². The van der Waals surface area contributed by atoms with Crippen LogP contribution in [0.3, 0.4) is 0 Å². The highest BCUT2D eigenvalue weighted by atomic mass is 16.4. The van der Waals surface area contributed by atoms with Gasteiger partial charge < -0.3 is 15.7 Å². The molecule has 1 fully saturated rings. The van der Waals surface area contributed by atoms with Crippen LogP contribution < -0.4 is 10.6 Å². The molecule has 2 atom stereocenters. The Hall–Kier alpha value is -1.26. The van der Waals surface area contributed by atoms with Crippen molar-refractivity contribution in [3.8, 4) is 0 Å². The lowest BCUT2D eigenvalue weighted by molar-refractivity contribution is -0.141. The molecule has 2 unspecified atom stereocenters. The zero-order valence-electron chi connectivity index (χ0n) is 11.2. The maximum Gasteiger partial charge on any atom is 0.315 e. The number of amides is 2. The first kappa shape index (κ1) is 14.8. The lowest BCUT2D eigenvalue weighted by Crippen LogP contribution is -2.42. The Balaban J connectivity index is 2.23. The second-order valence-electron chi connectivity index (χ2n) is 5.08. The van der Waals surface area contributed by atoms with Gasteiger partial charge in [-0.2, -0.15) is 0 Å². The SMILES string of the molecule is CCC(CC)CNC(=O)NC1CCC(C(=O)O)C1. The molecular formula is C13H24N2O3. The molecule has 1 saturated carbocycles. The third kappa shape index (κ3) is 4.55. The van der Waals surface area contributed by atoms with Gasteiger partial charge in [0.1, 0.15) is 0 Å². The Bertz CT molecular complexity index is 290. The van der Waals surface area contributed by atoms with E-state index in [9.17, 15) is 9.59 Å². The van der Waals surface area contributed by atoms with Gasteiger partial charge in [0.2, 0.25) is 0 Å². The Morgan fingerprint density at radius 3 is 2.44 bits per heavy atom. The first-order valence-corrected chi connectivity index (χ1v) is 6.83. The molecule has 0 aromatic rings. The van der Waals surface area contributed by atoms with E-state index in [1.165, 1.54) is 0 Å². The molecular weight excluding hydrogens is 232 g/mol. The van der Waals surface area contributed by atoms with Gasteiger partial charge >= 0.3 is 12.0 Å². The van der Waals surface area contributed by atoms with Gasteiger partial charge in [0, 0.05) is 12.6 Å². The number of carboxylic acid groups (broad SMARTS) is 1. The van der Waals surface area contributed by atoms with Crippen molar-refractivity contribution in [2.45, 2.75) is 52.0 Å². The van der Waals surface area contributed by atoms with Gasteiger partial charge in [-0.25, -0.2) is 4.79 Å². The van der Waals surface area contributed by atoms with E-state index in [2.05, 4.69) is 24.5 Å². The molecule has 1 aliphatic rings. The number of rotatable bonds is 6. The summed E-state index contributed by atoms with van der Waals surface area (Å²) in [6.45, 7) is 4.91. The maximum absolute atomic E-state index is 11.6. The molecule has 2 amide bonds. The van der Waals surface area contributed by atoms with Gasteiger partial charge in [0.05, 0.1) is 5.92 Å². The van der Waals surface area contributed by atoms with Crippen LogP contribution in [0.15, 0.2) is 0 Å². The van der Waals surface area contributed by atoms with Crippen LogP contribution in [0.2, 0.25) is 0 Å². The molecule has 0 aliphatic heterocycles. The van der Waals surface area contributed by atoms with Crippen LogP contribution in [-0.2, 0) is 4.79 Å². The van der Waals surface area contributed by atoms with Gasteiger partial charge in [0.15, 0.2) is 0 Å². The number of carbonyl (C=O) groups excluding carboxylic acids is 1. The molecule has 18 heavy (non-hydrogen) atoms. The fourth-order valence-electron chi connectivity index (χ4n) is 2.39. The van der Waals surface area contributed by atoms with Crippen LogP contribution in [0.5, 0.6) is 0 Å². The second-order valence-corrected chi connectivity index (χ2v) is 5.08. The Morgan fingerprint density at radius 1 is 1.28 bits per heavy atom. The zero-order valence-corrected chi connectivity index (χ0v) is 11.2. The summed E-state index contributed by atoms with van der Waals surface area (Å²) in [5, 5.41) is 14.6. The predicted octanol–water partition coefficient (Wildman–Crippen LogP) is 1.98. The standard InChI is InChI=1S/C13H24N2O3/c1-3-9(4-2)8-14-13(18)15-11-6-5-10(7-11)12(16)17/h9-11H,3-8H2,1-2H3,(H,16,17)(H2,14,15,18). The molecule has 104 valence electrons. The van der Waals surface area contributed by atoms with E-state index in [0.717, 1.165) is 19.3 Å². The van der Waals surface area contributed by atoms with Gasteiger partial charge in [-0.15, -0.1) is 0 Å². The van der Waals surface area contributed by atoms with E-state index in [0.29, 0.717) is 25.3 Å². The average molecular weight is 256 g/mol. The van der Waals surface area contributed by atoms with E-state index in [1.807, 2.05) is 0 Å². The predicted molar refractivity (Wildman–Crippen MR) is 69.4 cm³/mol. The molecule has 0 aromatic heterocycles. The summed E-state index contributed by atoms with van der Waals surface area (Å²) in [4.78, 5) is 22.4. The average Bonchev–Trinajstić information content (AvgIpc) is 2.79. The van der Waals surface area contributed by atoms with Gasteiger partial charge in [-0.3, -0.25) is 4.79 Å². The van der Waals surface area contributed by atoms with Crippen LogP contribution in [-0.4, -0.2) is 29.7 Å². The maximum atomic E-state index is 11.6. The number of nitrogens with one attached hydrogen (secondary N) is 2. The molecule has 5 nitrogen and oxygen atoms in total. The molecule has 0 radical (unpaired) electrons. The minimum absolute atomic E-state index is 0.00723. The Morgan fingerprint density at radius 2 is 1.94 bits per heavy atom. The fraction of sp³-hybridized carbons (Fsp3) is 0.846. The summed E-state index contributed by atoms with van der Waals surface area (Å²) >= 11 is 0. The second kappa shape index (κ2) is 7.24. The monoisotopic (exact) mass is 256 g/mol. The zero-order chi connectivity index (χ0) is 13.5. The smallest absolute Gasteiger partial charge is 0.315 e. The van der Waals surface area contributed by atoms with E-state index in [1.54, 1.807) is 0 Å². The van der Waals surface area contributed by atoms with E-state index in [4.69, 9.17) is 5.11 Å². The van der Waals surface area contributed by atoms with E-state index in [-0.39, 0.29) is 18.0 Å². The van der Waals surface area contributed by atoms with Crippen molar-refractivity contribution in [2.75, 3.05) is 6.54 Å². The molecule has 0 spiro atoms. The number of carbonyl (C=O) groups is 2. The molecule has 3 N–H and O–H groups in total. The molecule has 1 rings (SSSR count). The first-order chi connectivity index (χ1) is 8.56. The number of hydrogen-bond donors (Lipinski definition) is 3. The summed E-state index contributed by atoms with van der Waals surface area (Å²) < 4.78 is 0. The molecule has 5 heteroatoms. The lowest BCUT2D eigenvalue weighted by atomic mass is 10.0. The summed E-state index contributed by atoms with van der Waals surface area (Å²) in [6, 6.07) is -0.161. The third-order valence-electron chi connectivity index (χ3n) is 3.82. The molecule has 0 heterocycles. The Labute approximate surface area is 108 Å². The number of aliphatic carboxylic acids is 1. The third-order valence-corrected chi connectivity index (χ3v) is 3.82. The number of carboxylic acids is 1. The quantitative estimate of drug-likeness (QED) is 0.680. The highest BCUT2D eigenvalue weighted by Gasteiger charge is 2.30. The summed E-state index contributed by atoms with van der Waals surface area (Å²) in [5.41, 5.74) is 0. The van der Waals surface area contributed by atoms with Gasteiger partial charge in [-0.1, -0.05) is 26.7 Å². The largest absolute Gasteiger partial charge is 0.481 e. The topological polar surface area (TPSA) is 78.4 Å². The first-order valence-electron chi connectivity index (χ1n) is 6.83. The van der Waals surface area contributed by atoms with Crippen molar-refractivity contribution >= 4 is 12.0 Å². The Kier molecular flexibility index (Phi) is 5.95. The number of urea groups is 1.